The van der Waals surface area contributed by atoms with Crippen LogP contribution in [0.1, 0.15) is 12.8 Å². The SMILES string of the molecule is C=CCO[C@H]1C[C@@H](O)CC(CO)O1. The van der Waals surface area contributed by atoms with Gasteiger partial charge in [-0.2, -0.15) is 0 Å². The summed E-state index contributed by atoms with van der Waals surface area (Å²) >= 11 is 0. The molecule has 4 nitrogen and oxygen atoms in total. The first-order valence-electron chi connectivity index (χ1n) is 4.43. The molecule has 0 saturated carbocycles. The van der Waals surface area contributed by atoms with Crippen molar-refractivity contribution < 1.29 is 19.7 Å². The molecule has 3 atom stereocenters. The summed E-state index contributed by atoms with van der Waals surface area (Å²) in [4.78, 5) is 0. The molecule has 4 heteroatoms. The molecule has 1 fully saturated rings. The second-order valence-corrected chi connectivity index (χ2v) is 3.12. The van der Waals surface area contributed by atoms with Crippen LogP contribution >= 0.6 is 0 Å². The van der Waals surface area contributed by atoms with E-state index >= 15 is 0 Å². The first-order chi connectivity index (χ1) is 6.26. The maximum Gasteiger partial charge on any atom is 0.160 e. The van der Waals surface area contributed by atoms with Crippen molar-refractivity contribution in [2.24, 2.45) is 0 Å². The zero-order valence-electron chi connectivity index (χ0n) is 7.56. The van der Waals surface area contributed by atoms with Crippen molar-refractivity contribution in [1.82, 2.24) is 0 Å². The van der Waals surface area contributed by atoms with Crippen LogP contribution in [0.4, 0.5) is 0 Å². The quantitative estimate of drug-likeness (QED) is 0.612. The molecular weight excluding hydrogens is 172 g/mol. The maximum absolute atomic E-state index is 9.38. The van der Waals surface area contributed by atoms with E-state index in [9.17, 15) is 5.11 Å². The van der Waals surface area contributed by atoms with Gasteiger partial charge in [0.2, 0.25) is 0 Å². The van der Waals surface area contributed by atoms with Crippen LogP contribution in [0.25, 0.3) is 0 Å². The summed E-state index contributed by atoms with van der Waals surface area (Å²) in [6.45, 7) is 3.83. The Hall–Kier alpha value is -0.420. The normalized spacial score (nSPS) is 34.5. The highest BCUT2D eigenvalue weighted by Crippen LogP contribution is 2.20. The van der Waals surface area contributed by atoms with Crippen molar-refractivity contribution in [3.63, 3.8) is 0 Å². The Morgan fingerprint density at radius 1 is 1.54 bits per heavy atom. The van der Waals surface area contributed by atoms with Crippen molar-refractivity contribution in [2.75, 3.05) is 13.2 Å². The Bertz CT molecular complexity index is 160. The van der Waals surface area contributed by atoms with Crippen LogP contribution in [0.2, 0.25) is 0 Å². The molecule has 1 rings (SSSR count). The minimum Gasteiger partial charge on any atom is -0.394 e. The first kappa shape index (κ1) is 10.7. The fourth-order valence-electron chi connectivity index (χ4n) is 1.35. The molecular formula is C9H16O4. The van der Waals surface area contributed by atoms with Gasteiger partial charge in [-0.3, -0.25) is 0 Å². The zero-order chi connectivity index (χ0) is 9.68. The van der Waals surface area contributed by atoms with Gasteiger partial charge in [-0.1, -0.05) is 6.08 Å². The maximum atomic E-state index is 9.38. The minimum atomic E-state index is -0.444. The number of hydrogen-bond acceptors (Lipinski definition) is 4. The van der Waals surface area contributed by atoms with Gasteiger partial charge in [-0.15, -0.1) is 6.58 Å². The molecule has 0 aromatic rings. The second-order valence-electron chi connectivity index (χ2n) is 3.12. The lowest BCUT2D eigenvalue weighted by Gasteiger charge is -2.31. The summed E-state index contributed by atoms with van der Waals surface area (Å²) in [5, 5.41) is 18.2. The third kappa shape index (κ3) is 3.44. The molecule has 2 N–H and O–H groups in total. The third-order valence-electron chi connectivity index (χ3n) is 1.95. The van der Waals surface area contributed by atoms with Crippen LogP contribution in [0.5, 0.6) is 0 Å². The Kier molecular flexibility index (Phi) is 4.38. The van der Waals surface area contributed by atoms with Crippen LogP contribution in [-0.2, 0) is 9.47 Å². The topological polar surface area (TPSA) is 58.9 Å². The van der Waals surface area contributed by atoms with Gasteiger partial charge in [0.15, 0.2) is 6.29 Å². The number of rotatable bonds is 4. The molecule has 0 bridgehead atoms. The average molecular weight is 188 g/mol. The van der Waals surface area contributed by atoms with E-state index in [0.717, 1.165) is 0 Å². The van der Waals surface area contributed by atoms with Crippen molar-refractivity contribution in [3.05, 3.63) is 12.7 Å². The standard InChI is InChI=1S/C9H16O4/c1-2-3-12-9-5-7(11)4-8(6-10)13-9/h2,7-11H,1,3-6H2/t7-,8?,9+/m0/s1. The molecule has 1 saturated heterocycles. The Morgan fingerprint density at radius 3 is 2.92 bits per heavy atom. The summed E-state index contributed by atoms with van der Waals surface area (Å²) in [6.07, 6.45) is 1.39. The molecule has 1 aliphatic heterocycles. The Morgan fingerprint density at radius 2 is 2.31 bits per heavy atom. The molecule has 1 aliphatic rings. The zero-order valence-corrected chi connectivity index (χ0v) is 7.56. The number of ether oxygens (including phenoxy) is 2. The fraction of sp³-hybridized carbons (Fsp3) is 0.778. The Labute approximate surface area is 77.8 Å². The van der Waals surface area contributed by atoms with Crippen molar-refractivity contribution in [2.45, 2.75) is 31.3 Å². The van der Waals surface area contributed by atoms with E-state index in [1.807, 2.05) is 0 Å². The molecule has 1 heterocycles. The highest BCUT2D eigenvalue weighted by molar-refractivity contribution is 4.73. The average Bonchev–Trinajstić information content (AvgIpc) is 2.14. The van der Waals surface area contributed by atoms with Gasteiger partial charge in [-0.05, 0) is 0 Å². The van der Waals surface area contributed by atoms with E-state index in [2.05, 4.69) is 6.58 Å². The molecule has 0 spiro atoms. The van der Waals surface area contributed by atoms with Crippen molar-refractivity contribution in [1.29, 1.82) is 0 Å². The van der Waals surface area contributed by atoms with Crippen molar-refractivity contribution >= 4 is 0 Å². The monoisotopic (exact) mass is 188 g/mol. The molecule has 13 heavy (non-hydrogen) atoms. The molecule has 76 valence electrons. The Balaban J connectivity index is 2.33. The van der Waals surface area contributed by atoms with Gasteiger partial charge in [0.05, 0.1) is 25.4 Å². The lowest BCUT2D eigenvalue weighted by atomic mass is 10.1. The molecule has 0 amide bonds. The molecule has 0 aliphatic carbocycles. The van der Waals surface area contributed by atoms with Gasteiger partial charge >= 0.3 is 0 Å². The number of aliphatic hydroxyl groups is 2. The highest BCUT2D eigenvalue weighted by atomic mass is 16.7. The summed E-state index contributed by atoms with van der Waals surface area (Å²) in [5.74, 6) is 0. The van der Waals surface area contributed by atoms with Gasteiger partial charge in [0.25, 0.3) is 0 Å². The summed E-state index contributed by atoms with van der Waals surface area (Å²) in [5.41, 5.74) is 0. The lowest BCUT2D eigenvalue weighted by molar-refractivity contribution is -0.217. The molecule has 0 aromatic carbocycles. The highest BCUT2D eigenvalue weighted by Gasteiger charge is 2.27. The fourth-order valence-corrected chi connectivity index (χ4v) is 1.35. The first-order valence-corrected chi connectivity index (χ1v) is 4.43. The predicted molar refractivity (Wildman–Crippen MR) is 47.1 cm³/mol. The van der Waals surface area contributed by atoms with E-state index in [0.29, 0.717) is 19.4 Å². The van der Waals surface area contributed by atoms with Gasteiger partial charge in [0.1, 0.15) is 0 Å². The lowest BCUT2D eigenvalue weighted by Crippen LogP contribution is -2.38. The second kappa shape index (κ2) is 5.34. The van der Waals surface area contributed by atoms with E-state index in [-0.39, 0.29) is 12.7 Å². The van der Waals surface area contributed by atoms with E-state index < -0.39 is 12.4 Å². The number of hydrogen-bond donors (Lipinski definition) is 2. The van der Waals surface area contributed by atoms with Gasteiger partial charge < -0.3 is 19.7 Å². The molecule has 0 aromatic heterocycles. The van der Waals surface area contributed by atoms with Crippen LogP contribution in [0, 0.1) is 0 Å². The predicted octanol–water partition coefficient (Wildman–Crippen LogP) is 0.0473. The van der Waals surface area contributed by atoms with Crippen LogP contribution in [0.3, 0.4) is 0 Å². The summed E-state index contributed by atoms with van der Waals surface area (Å²) in [6, 6.07) is 0. The molecule has 0 radical (unpaired) electrons. The summed E-state index contributed by atoms with van der Waals surface area (Å²) in [7, 11) is 0. The van der Waals surface area contributed by atoms with Crippen molar-refractivity contribution in [3.8, 4) is 0 Å². The smallest absolute Gasteiger partial charge is 0.160 e. The minimum absolute atomic E-state index is 0.0784. The van der Waals surface area contributed by atoms with E-state index in [4.69, 9.17) is 14.6 Å². The number of aliphatic hydroxyl groups excluding tert-OH is 2. The molecule has 1 unspecified atom stereocenters. The third-order valence-corrected chi connectivity index (χ3v) is 1.95. The van der Waals surface area contributed by atoms with Crippen LogP contribution in [0.15, 0.2) is 12.7 Å². The van der Waals surface area contributed by atoms with Crippen LogP contribution in [-0.4, -0.2) is 41.9 Å². The van der Waals surface area contributed by atoms with E-state index in [1.165, 1.54) is 0 Å². The van der Waals surface area contributed by atoms with Gasteiger partial charge in [-0.25, -0.2) is 0 Å². The largest absolute Gasteiger partial charge is 0.394 e. The van der Waals surface area contributed by atoms with Crippen LogP contribution < -0.4 is 0 Å². The van der Waals surface area contributed by atoms with Gasteiger partial charge in [0, 0.05) is 12.8 Å². The summed E-state index contributed by atoms with van der Waals surface area (Å²) < 4.78 is 10.6. The van der Waals surface area contributed by atoms with E-state index in [1.54, 1.807) is 6.08 Å².